The van der Waals surface area contributed by atoms with Gasteiger partial charge in [-0.2, -0.15) is 0 Å². The maximum absolute atomic E-state index is 13.2. The predicted octanol–water partition coefficient (Wildman–Crippen LogP) is 2.65. The lowest BCUT2D eigenvalue weighted by atomic mass is 9.91. The Kier molecular flexibility index (Phi) is 8.13. The number of carboxylic acid groups (broad SMARTS) is 1. The number of nitrogens with zero attached hydrogens (tertiary/aromatic N) is 1. The Morgan fingerprint density at radius 1 is 1.07 bits per heavy atom. The Hall–Kier alpha value is -5.19. The number of nitrogen functional groups attached to an aromatic ring is 1. The summed E-state index contributed by atoms with van der Waals surface area (Å²) in [5.41, 5.74) is 6.42. The molecule has 2 atom stereocenters. The third-order valence-electron chi connectivity index (χ3n) is 6.57. The fourth-order valence-electron chi connectivity index (χ4n) is 4.39. The smallest absolute Gasteiger partial charge is 0.325 e. The van der Waals surface area contributed by atoms with Crippen LogP contribution >= 0.6 is 0 Å². The van der Waals surface area contributed by atoms with E-state index in [9.17, 15) is 24.3 Å². The van der Waals surface area contributed by atoms with E-state index in [0.717, 1.165) is 10.5 Å². The van der Waals surface area contributed by atoms with E-state index < -0.39 is 48.4 Å². The van der Waals surface area contributed by atoms with Gasteiger partial charge in [0.05, 0.1) is 12.5 Å². The standard InChI is InChI=1S/C29H29N5O6/c1-29(21-12-10-19(11-13-21)26(30)31)27(38)34(28(39)33-29)16-24(35)32-23(15-25(36)37)20-8-5-9-22(14-20)40-17-18-6-3-2-4-7-18/h2-14,23H,15-17H2,1H3,(H3,30,31)(H,32,35)(H,33,39)(H,36,37)/t23-,29-/m0/s1. The molecule has 4 rings (SSSR count). The number of ether oxygens (including phenoxy) is 1. The number of urea groups is 1. The van der Waals surface area contributed by atoms with E-state index in [1.807, 2.05) is 30.3 Å². The number of carbonyl (C=O) groups excluding carboxylic acids is 3. The van der Waals surface area contributed by atoms with Gasteiger partial charge in [-0.3, -0.25) is 24.7 Å². The van der Waals surface area contributed by atoms with Gasteiger partial charge in [0.1, 0.15) is 30.3 Å². The van der Waals surface area contributed by atoms with E-state index in [1.54, 1.807) is 48.5 Å². The minimum Gasteiger partial charge on any atom is -0.489 e. The summed E-state index contributed by atoms with van der Waals surface area (Å²) >= 11 is 0. The molecule has 0 aromatic heterocycles. The van der Waals surface area contributed by atoms with Gasteiger partial charge in [-0.1, -0.05) is 66.7 Å². The number of hydrogen-bond donors (Lipinski definition) is 5. The molecule has 11 heteroatoms. The second kappa shape index (κ2) is 11.7. The van der Waals surface area contributed by atoms with E-state index in [0.29, 0.717) is 29.0 Å². The van der Waals surface area contributed by atoms with Crippen LogP contribution in [0.5, 0.6) is 5.75 Å². The third kappa shape index (κ3) is 6.26. The van der Waals surface area contributed by atoms with Crippen molar-refractivity contribution >= 4 is 29.7 Å². The Balaban J connectivity index is 1.45. The zero-order chi connectivity index (χ0) is 28.9. The first kappa shape index (κ1) is 27.8. The van der Waals surface area contributed by atoms with Crippen molar-refractivity contribution in [2.45, 2.75) is 31.5 Å². The molecule has 0 radical (unpaired) electrons. The minimum atomic E-state index is -1.43. The summed E-state index contributed by atoms with van der Waals surface area (Å²) < 4.78 is 5.83. The molecule has 4 amide bonds. The monoisotopic (exact) mass is 543 g/mol. The second-order valence-electron chi connectivity index (χ2n) is 9.50. The summed E-state index contributed by atoms with van der Waals surface area (Å²) in [5.74, 6) is -2.14. The molecule has 1 heterocycles. The summed E-state index contributed by atoms with van der Waals surface area (Å²) in [5, 5.41) is 22.2. The number of aliphatic carboxylic acids is 1. The van der Waals surface area contributed by atoms with Gasteiger partial charge >= 0.3 is 12.0 Å². The highest BCUT2D eigenvalue weighted by Crippen LogP contribution is 2.29. The van der Waals surface area contributed by atoms with Crippen LogP contribution in [0.15, 0.2) is 78.9 Å². The number of imide groups is 1. The fourth-order valence-corrected chi connectivity index (χ4v) is 4.39. The van der Waals surface area contributed by atoms with Crippen LogP contribution < -0.4 is 21.1 Å². The number of amidine groups is 1. The van der Waals surface area contributed by atoms with Crippen LogP contribution in [0.1, 0.15) is 41.6 Å². The van der Waals surface area contributed by atoms with Crippen molar-refractivity contribution in [3.8, 4) is 5.75 Å². The van der Waals surface area contributed by atoms with Gasteiger partial charge in [0.2, 0.25) is 5.91 Å². The normalized spacial score (nSPS) is 17.2. The summed E-state index contributed by atoms with van der Waals surface area (Å²) in [4.78, 5) is 51.3. The zero-order valence-corrected chi connectivity index (χ0v) is 21.7. The largest absolute Gasteiger partial charge is 0.489 e. The highest BCUT2D eigenvalue weighted by Gasteiger charge is 2.49. The first-order chi connectivity index (χ1) is 19.1. The lowest BCUT2D eigenvalue weighted by molar-refractivity contribution is -0.138. The number of carbonyl (C=O) groups is 4. The lowest BCUT2D eigenvalue weighted by Gasteiger charge is -2.23. The SMILES string of the molecule is C[C@@]1(c2ccc(C(=N)N)cc2)NC(=O)N(CC(=O)N[C@@H](CC(=O)O)c2cccc(OCc3ccccc3)c2)C1=O. The lowest BCUT2D eigenvalue weighted by Crippen LogP contribution is -2.44. The molecule has 1 aliphatic rings. The number of amides is 4. The topological polar surface area (TPSA) is 175 Å². The van der Waals surface area contributed by atoms with Gasteiger partial charge in [-0.15, -0.1) is 0 Å². The van der Waals surface area contributed by atoms with Gasteiger partial charge in [-0.25, -0.2) is 4.79 Å². The first-order valence-electron chi connectivity index (χ1n) is 12.4. The summed E-state index contributed by atoms with van der Waals surface area (Å²) in [7, 11) is 0. The average molecular weight is 544 g/mol. The molecule has 0 spiro atoms. The molecule has 3 aromatic carbocycles. The molecule has 0 saturated carbocycles. The second-order valence-corrected chi connectivity index (χ2v) is 9.50. The molecule has 11 nitrogen and oxygen atoms in total. The van der Waals surface area contributed by atoms with Crippen molar-refractivity contribution in [1.29, 1.82) is 5.41 Å². The van der Waals surface area contributed by atoms with E-state index >= 15 is 0 Å². The Morgan fingerprint density at radius 2 is 1.77 bits per heavy atom. The molecule has 6 N–H and O–H groups in total. The van der Waals surface area contributed by atoms with Crippen molar-refractivity contribution < 1.29 is 29.0 Å². The van der Waals surface area contributed by atoms with Crippen molar-refractivity contribution in [2.75, 3.05) is 6.54 Å². The minimum absolute atomic E-state index is 0.138. The fraction of sp³-hybridized carbons (Fsp3) is 0.207. The quantitative estimate of drug-likeness (QED) is 0.140. The highest BCUT2D eigenvalue weighted by atomic mass is 16.5. The number of rotatable bonds is 11. The summed E-state index contributed by atoms with van der Waals surface area (Å²) in [6.07, 6.45) is -0.422. The van der Waals surface area contributed by atoms with Crippen LogP contribution in [0.4, 0.5) is 4.79 Å². The van der Waals surface area contributed by atoms with Crippen molar-refractivity contribution in [3.63, 3.8) is 0 Å². The molecule has 0 unspecified atom stereocenters. The van der Waals surface area contributed by atoms with Gasteiger partial charge < -0.3 is 26.2 Å². The maximum Gasteiger partial charge on any atom is 0.325 e. The van der Waals surface area contributed by atoms with Crippen LogP contribution in [-0.2, 0) is 26.5 Å². The molecule has 0 bridgehead atoms. The van der Waals surface area contributed by atoms with Crippen LogP contribution in [0.2, 0.25) is 0 Å². The molecule has 1 saturated heterocycles. The summed E-state index contributed by atoms with van der Waals surface area (Å²) in [6.45, 7) is 1.22. The number of hydrogen-bond acceptors (Lipinski definition) is 6. The molecule has 0 aliphatic carbocycles. The van der Waals surface area contributed by atoms with Crippen LogP contribution in [0.3, 0.4) is 0 Å². The van der Waals surface area contributed by atoms with Gasteiger partial charge in [0.25, 0.3) is 5.91 Å². The first-order valence-corrected chi connectivity index (χ1v) is 12.4. The van der Waals surface area contributed by atoms with E-state index in [-0.39, 0.29) is 5.84 Å². The van der Waals surface area contributed by atoms with Crippen molar-refractivity contribution in [1.82, 2.24) is 15.5 Å². The van der Waals surface area contributed by atoms with Crippen LogP contribution in [0.25, 0.3) is 0 Å². The van der Waals surface area contributed by atoms with Crippen LogP contribution in [0, 0.1) is 5.41 Å². The predicted molar refractivity (Wildman–Crippen MR) is 145 cm³/mol. The van der Waals surface area contributed by atoms with Gasteiger partial charge in [0.15, 0.2) is 0 Å². The Labute approximate surface area is 230 Å². The number of nitrogens with one attached hydrogen (secondary N) is 3. The molecular formula is C29H29N5O6. The van der Waals surface area contributed by atoms with Crippen molar-refractivity contribution in [2.24, 2.45) is 5.73 Å². The number of carboxylic acids is 1. The number of nitrogens with two attached hydrogens (primary N) is 1. The maximum atomic E-state index is 13.2. The Morgan fingerprint density at radius 3 is 2.42 bits per heavy atom. The molecule has 1 aliphatic heterocycles. The van der Waals surface area contributed by atoms with E-state index in [2.05, 4.69) is 10.6 Å². The Bertz CT molecular complexity index is 1440. The van der Waals surface area contributed by atoms with Gasteiger partial charge in [0, 0.05) is 5.56 Å². The molecule has 3 aromatic rings. The molecule has 206 valence electrons. The van der Waals surface area contributed by atoms with Crippen LogP contribution in [-0.4, -0.2) is 46.2 Å². The summed E-state index contributed by atoms with van der Waals surface area (Å²) in [6, 6.07) is 20.8. The van der Waals surface area contributed by atoms with E-state index in [1.165, 1.54) is 6.92 Å². The molecule has 1 fully saturated rings. The third-order valence-corrected chi connectivity index (χ3v) is 6.57. The number of benzene rings is 3. The average Bonchev–Trinajstić information content (AvgIpc) is 3.15. The highest BCUT2D eigenvalue weighted by molar-refractivity contribution is 6.09. The van der Waals surface area contributed by atoms with E-state index in [4.69, 9.17) is 15.9 Å². The van der Waals surface area contributed by atoms with Gasteiger partial charge in [-0.05, 0) is 35.7 Å². The van der Waals surface area contributed by atoms with Crippen molar-refractivity contribution in [3.05, 3.63) is 101 Å². The molecular weight excluding hydrogens is 514 g/mol. The zero-order valence-electron chi connectivity index (χ0n) is 21.7. The molecule has 40 heavy (non-hydrogen) atoms.